The van der Waals surface area contributed by atoms with Crippen molar-refractivity contribution < 1.29 is 9.90 Å². The molecule has 0 fully saturated rings. The third kappa shape index (κ3) is 6.27. The Bertz CT molecular complexity index is 413. The van der Waals surface area contributed by atoms with Gasteiger partial charge in [0.2, 0.25) is 0 Å². The van der Waals surface area contributed by atoms with Crippen LogP contribution in [0.3, 0.4) is 0 Å². The van der Waals surface area contributed by atoms with Gasteiger partial charge in [-0.1, -0.05) is 20.8 Å². The van der Waals surface area contributed by atoms with Crippen LogP contribution in [0.4, 0.5) is 0 Å². The number of hydrogen-bond acceptors (Lipinski definition) is 4. The first-order valence-corrected chi connectivity index (χ1v) is 7.87. The fraction of sp³-hybridized carbons (Fsp3) is 0.588. The molecule has 118 valence electrons. The van der Waals surface area contributed by atoms with E-state index >= 15 is 0 Å². The second-order valence-electron chi connectivity index (χ2n) is 5.22. The summed E-state index contributed by atoms with van der Waals surface area (Å²) in [6, 6.07) is 6.48. The van der Waals surface area contributed by atoms with Gasteiger partial charge < -0.3 is 10.0 Å². The van der Waals surface area contributed by atoms with Crippen molar-refractivity contribution in [3.63, 3.8) is 0 Å². The van der Waals surface area contributed by atoms with Gasteiger partial charge in [-0.3, -0.25) is 9.69 Å². The highest BCUT2D eigenvalue weighted by Gasteiger charge is 2.11. The highest BCUT2D eigenvalue weighted by Crippen LogP contribution is 2.10. The van der Waals surface area contributed by atoms with Crippen molar-refractivity contribution in [2.45, 2.75) is 27.2 Å². The summed E-state index contributed by atoms with van der Waals surface area (Å²) in [6.07, 6.45) is 1.08. The summed E-state index contributed by atoms with van der Waals surface area (Å²) in [5.74, 6) is 0.304. The van der Waals surface area contributed by atoms with E-state index in [1.807, 2.05) is 0 Å². The number of carbonyl (C=O) groups is 1. The quantitative estimate of drug-likeness (QED) is 0.673. The Morgan fingerprint density at radius 1 is 0.952 bits per heavy atom. The minimum atomic E-state index is 0.111. The zero-order valence-electron chi connectivity index (χ0n) is 13.5. The number of Topliss-reactive ketones (excluding diaryl/α,β-unsaturated/α-hetero) is 1. The van der Waals surface area contributed by atoms with Gasteiger partial charge in [-0.05, 0) is 63.4 Å². The molecule has 4 heteroatoms. The van der Waals surface area contributed by atoms with Crippen molar-refractivity contribution in [1.29, 1.82) is 0 Å². The molecule has 0 bridgehead atoms. The van der Waals surface area contributed by atoms with Gasteiger partial charge in [-0.25, -0.2) is 0 Å². The molecular formula is C17H28N2O2. The lowest BCUT2D eigenvalue weighted by atomic mass is 10.1. The molecule has 0 aliphatic heterocycles. The molecule has 0 radical (unpaired) electrons. The van der Waals surface area contributed by atoms with Crippen LogP contribution in [0.1, 0.15) is 37.6 Å². The third-order valence-electron chi connectivity index (χ3n) is 3.85. The molecule has 1 aromatic carbocycles. The molecule has 1 aromatic rings. The molecule has 0 aliphatic carbocycles. The van der Waals surface area contributed by atoms with E-state index in [0.717, 1.165) is 39.1 Å². The molecular weight excluding hydrogens is 264 g/mol. The van der Waals surface area contributed by atoms with Crippen LogP contribution < -0.4 is 0 Å². The number of benzene rings is 1. The molecule has 0 atom stereocenters. The molecule has 0 heterocycles. The number of aromatic hydroxyl groups is 1. The van der Waals surface area contributed by atoms with Crippen molar-refractivity contribution in [1.82, 2.24) is 9.80 Å². The van der Waals surface area contributed by atoms with E-state index in [4.69, 9.17) is 0 Å². The Hall–Kier alpha value is -1.39. The van der Waals surface area contributed by atoms with Crippen LogP contribution in [-0.4, -0.2) is 60.0 Å². The maximum Gasteiger partial charge on any atom is 0.176 e. The van der Waals surface area contributed by atoms with Crippen molar-refractivity contribution >= 4 is 5.78 Å². The number of ketones is 1. The first-order valence-electron chi connectivity index (χ1n) is 7.87. The van der Waals surface area contributed by atoms with E-state index in [-0.39, 0.29) is 11.5 Å². The molecule has 0 aliphatic rings. The summed E-state index contributed by atoms with van der Waals surface area (Å²) in [6.45, 7) is 11.9. The molecule has 0 saturated heterocycles. The number of phenols is 1. The molecule has 0 unspecified atom stereocenters. The van der Waals surface area contributed by atoms with Crippen LogP contribution in [0.15, 0.2) is 24.3 Å². The van der Waals surface area contributed by atoms with E-state index in [9.17, 15) is 9.90 Å². The monoisotopic (exact) mass is 292 g/mol. The molecule has 1 rings (SSSR count). The largest absolute Gasteiger partial charge is 0.508 e. The van der Waals surface area contributed by atoms with E-state index in [0.29, 0.717) is 12.1 Å². The number of likely N-dealkylation sites (N-methyl/N-ethyl adjacent to an activating group) is 1. The van der Waals surface area contributed by atoms with Crippen LogP contribution in [0.5, 0.6) is 5.75 Å². The molecule has 0 aromatic heterocycles. The second-order valence-corrected chi connectivity index (χ2v) is 5.22. The van der Waals surface area contributed by atoms with Crippen LogP contribution >= 0.6 is 0 Å². The topological polar surface area (TPSA) is 43.8 Å². The molecule has 21 heavy (non-hydrogen) atoms. The third-order valence-corrected chi connectivity index (χ3v) is 3.85. The van der Waals surface area contributed by atoms with Crippen molar-refractivity contribution in [3.05, 3.63) is 29.8 Å². The van der Waals surface area contributed by atoms with Crippen LogP contribution in [0.2, 0.25) is 0 Å². The predicted molar refractivity (Wildman–Crippen MR) is 87.0 cm³/mol. The normalized spacial score (nSPS) is 11.3. The predicted octanol–water partition coefficient (Wildman–Crippen LogP) is 2.63. The van der Waals surface area contributed by atoms with E-state index in [2.05, 4.69) is 30.6 Å². The summed E-state index contributed by atoms with van der Waals surface area (Å²) in [7, 11) is 0. The van der Waals surface area contributed by atoms with E-state index in [1.54, 1.807) is 24.3 Å². The number of rotatable bonds is 10. The Balaban J connectivity index is 2.42. The fourth-order valence-corrected chi connectivity index (χ4v) is 2.35. The molecule has 4 nitrogen and oxygen atoms in total. The average molecular weight is 292 g/mol. The zero-order chi connectivity index (χ0) is 15.7. The minimum absolute atomic E-state index is 0.111. The van der Waals surface area contributed by atoms with Crippen molar-refractivity contribution in [2.24, 2.45) is 0 Å². The minimum Gasteiger partial charge on any atom is -0.508 e. The summed E-state index contributed by atoms with van der Waals surface area (Å²) in [5.41, 5.74) is 0.662. The first-order chi connectivity index (χ1) is 10.1. The fourth-order valence-electron chi connectivity index (χ4n) is 2.35. The summed E-state index contributed by atoms with van der Waals surface area (Å²) in [5, 5.41) is 9.26. The van der Waals surface area contributed by atoms with Crippen molar-refractivity contribution in [2.75, 3.05) is 39.3 Å². The first kappa shape index (κ1) is 17.7. The number of carbonyl (C=O) groups excluding carboxylic acids is 1. The van der Waals surface area contributed by atoms with E-state index in [1.165, 1.54) is 0 Å². The average Bonchev–Trinajstić information content (AvgIpc) is 2.50. The maximum atomic E-state index is 12.2. The standard InChI is InChI=1S/C17H28N2O2/c1-4-18(5-2)12-7-13-19(6-3)14-17(21)15-8-10-16(20)11-9-15/h8-11,20H,4-7,12-14H2,1-3H3. The van der Waals surface area contributed by atoms with Gasteiger partial charge in [0.25, 0.3) is 0 Å². The molecule has 0 spiro atoms. The lowest BCUT2D eigenvalue weighted by Crippen LogP contribution is -2.33. The Labute approximate surface area is 128 Å². The van der Waals surface area contributed by atoms with Gasteiger partial charge in [0.1, 0.15) is 5.75 Å². The number of hydrogen-bond donors (Lipinski definition) is 1. The highest BCUT2D eigenvalue weighted by molar-refractivity contribution is 5.97. The molecule has 1 N–H and O–H groups in total. The van der Waals surface area contributed by atoms with Gasteiger partial charge in [-0.15, -0.1) is 0 Å². The Kier molecular flexibility index (Phi) is 8.01. The second kappa shape index (κ2) is 9.53. The summed E-state index contributed by atoms with van der Waals surface area (Å²) in [4.78, 5) is 16.8. The van der Waals surface area contributed by atoms with Gasteiger partial charge in [0, 0.05) is 5.56 Å². The van der Waals surface area contributed by atoms with Crippen LogP contribution in [-0.2, 0) is 0 Å². The molecule has 0 amide bonds. The summed E-state index contributed by atoms with van der Waals surface area (Å²) >= 11 is 0. The Morgan fingerprint density at radius 2 is 1.48 bits per heavy atom. The summed E-state index contributed by atoms with van der Waals surface area (Å²) < 4.78 is 0. The maximum absolute atomic E-state index is 12.2. The number of nitrogens with zero attached hydrogens (tertiary/aromatic N) is 2. The lowest BCUT2D eigenvalue weighted by molar-refractivity contribution is 0.0930. The highest BCUT2D eigenvalue weighted by atomic mass is 16.3. The zero-order valence-corrected chi connectivity index (χ0v) is 13.5. The van der Waals surface area contributed by atoms with Crippen LogP contribution in [0, 0.1) is 0 Å². The smallest absolute Gasteiger partial charge is 0.176 e. The molecule has 0 saturated carbocycles. The van der Waals surface area contributed by atoms with Gasteiger partial charge in [0.15, 0.2) is 5.78 Å². The Morgan fingerprint density at radius 3 is 2.00 bits per heavy atom. The van der Waals surface area contributed by atoms with Crippen molar-refractivity contribution in [3.8, 4) is 5.75 Å². The number of phenolic OH excluding ortho intramolecular Hbond substituents is 1. The van der Waals surface area contributed by atoms with Gasteiger partial charge >= 0.3 is 0 Å². The van der Waals surface area contributed by atoms with Gasteiger partial charge in [0.05, 0.1) is 6.54 Å². The SMILES string of the molecule is CCN(CC)CCCN(CC)CC(=O)c1ccc(O)cc1. The van der Waals surface area contributed by atoms with Gasteiger partial charge in [-0.2, -0.15) is 0 Å². The lowest BCUT2D eigenvalue weighted by Gasteiger charge is -2.22. The van der Waals surface area contributed by atoms with E-state index < -0.39 is 0 Å². The van der Waals surface area contributed by atoms with Crippen LogP contribution in [0.25, 0.3) is 0 Å².